The van der Waals surface area contributed by atoms with Crippen LogP contribution in [0.2, 0.25) is 0 Å². The van der Waals surface area contributed by atoms with E-state index < -0.39 is 30.1 Å². The Kier molecular flexibility index (Phi) is 5.68. The molecule has 28 heavy (non-hydrogen) atoms. The van der Waals surface area contributed by atoms with Crippen LogP contribution in [0.25, 0.3) is 0 Å². The minimum Gasteiger partial charge on any atom is -0.454 e. The first kappa shape index (κ1) is 20.6. The van der Waals surface area contributed by atoms with Gasteiger partial charge in [0.1, 0.15) is 6.54 Å². The molecule has 4 saturated carbocycles. The van der Waals surface area contributed by atoms with Crippen LogP contribution in [0.4, 0.5) is 4.79 Å². The summed E-state index contributed by atoms with van der Waals surface area (Å²) in [6.07, 6.45) is 6.49. The fourth-order valence-electron chi connectivity index (χ4n) is 5.46. The summed E-state index contributed by atoms with van der Waals surface area (Å²) in [5.41, 5.74) is -0.806. The first-order valence-electron chi connectivity index (χ1n) is 10.1. The van der Waals surface area contributed by atoms with Crippen LogP contribution in [0.1, 0.15) is 59.3 Å². The van der Waals surface area contributed by atoms with Crippen LogP contribution < -0.4 is 16.0 Å². The molecule has 4 amide bonds. The quantitative estimate of drug-likeness (QED) is 0.613. The summed E-state index contributed by atoms with van der Waals surface area (Å²) < 4.78 is 4.86. The molecule has 0 unspecified atom stereocenters. The molecule has 0 aromatic carbocycles. The number of urea groups is 1. The van der Waals surface area contributed by atoms with Gasteiger partial charge in [-0.3, -0.25) is 19.7 Å². The van der Waals surface area contributed by atoms with Crippen LogP contribution in [0.5, 0.6) is 0 Å². The van der Waals surface area contributed by atoms with Gasteiger partial charge in [-0.1, -0.05) is 0 Å². The maximum Gasteiger partial charge on any atom is 0.325 e. The van der Waals surface area contributed by atoms with E-state index in [2.05, 4.69) is 16.0 Å². The number of carbonyl (C=O) groups is 4. The average Bonchev–Trinajstić information content (AvgIpc) is 2.54. The second-order valence-electron chi connectivity index (χ2n) is 9.79. The molecule has 0 heterocycles. The smallest absolute Gasteiger partial charge is 0.325 e. The van der Waals surface area contributed by atoms with Crippen LogP contribution in [0.3, 0.4) is 0 Å². The summed E-state index contributed by atoms with van der Waals surface area (Å²) in [7, 11) is 0. The van der Waals surface area contributed by atoms with Gasteiger partial charge < -0.3 is 15.4 Å². The molecule has 0 radical (unpaired) electrons. The molecule has 4 rings (SSSR count). The van der Waals surface area contributed by atoms with Crippen molar-refractivity contribution in [2.45, 2.75) is 64.8 Å². The van der Waals surface area contributed by atoms with Crippen LogP contribution in [-0.4, -0.2) is 42.5 Å². The third-order valence-electron chi connectivity index (χ3n) is 6.02. The lowest BCUT2D eigenvalue weighted by Gasteiger charge is -2.55. The molecule has 4 aliphatic carbocycles. The van der Waals surface area contributed by atoms with E-state index in [1.54, 1.807) is 20.8 Å². The lowest BCUT2D eigenvalue weighted by atomic mass is 9.49. The number of nitrogens with one attached hydrogen (secondary N) is 3. The minimum absolute atomic E-state index is 0.0578. The van der Waals surface area contributed by atoms with Crippen molar-refractivity contribution in [2.75, 3.05) is 13.2 Å². The summed E-state index contributed by atoms with van der Waals surface area (Å²) in [4.78, 5) is 47.9. The largest absolute Gasteiger partial charge is 0.454 e. The Morgan fingerprint density at radius 3 is 2.00 bits per heavy atom. The molecular weight excluding hydrogens is 362 g/mol. The Morgan fingerprint density at radius 2 is 1.50 bits per heavy atom. The van der Waals surface area contributed by atoms with Gasteiger partial charge in [0.2, 0.25) is 5.91 Å². The average molecular weight is 393 g/mol. The van der Waals surface area contributed by atoms with Crippen molar-refractivity contribution in [3.05, 3.63) is 0 Å². The molecule has 0 spiro atoms. The van der Waals surface area contributed by atoms with E-state index >= 15 is 0 Å². The van der Waals surface area contributed by atoms with Crippen molar-refractivity contribution in [2.24, 2.45) is 23.2 Å². The highest BCUT2D eigenvalue weighted by Crippen LogP contribution is 2.60. The molecule has 8 heteroatoms. The number of imide groups is 1. The molecular formula is C20H31N3O5. The van der Waals surface area contributed by atoms with Crippen LogP contribution >= 0.6 is 0 Å². The predicted octanol–water partition coefficient (Wildman–Crippen LogP) is 1.49. The van der Waals surface area contributed by atoms with Gasteiger partial charge in [0, 0.05) is 11.0 Å². The van der Waals surface area contributed by atoms with E-state index in [0.717, 1.165) is 19.3 Å². The number of rotatable bonds is 5. The number of hydrogen-bond acceptors (Lipinski definition) is 5. The van der Waals surface area contributed by atoms with Crippen molar-refractivity contribution in [3.63, 3.8) is 0 Å². The maximum absolute atomic E-state index is 12.8. The topological polar surface area (TPSA) is 114 Å². The third kappa shape index (κ3) is 5.02. The summed E-state index contributed by atoms with van der Waals surface area (Å²) in [6.45, 7) is 4.52. The molecule has 0 atom stereocenters. The highest BCUT2D eigenvalue weighted by atomic mass is 16.5. The fraction of sp³-hybridized carbons (Fsp3) is 0.800. The molecule has 4 fully saturated rings. The third-order valence-corrected chi connectivity index (χ3v) is 6.02. The molecule has 0 aromatic heterocycles. The van der Waals surface area contributed by atoms with E-state index in [-0.39, 0.29) is 17.9 Å². The lowest BCUT2D eigenvalue weighted by molar-refractivity contribution is -0.152. The van der Waals surface area contributed by atoms with Gasteiger partial charge in [0.25, 0.3) is 5.91 Å². The summed E-state index contributed by atoms with van der Waals surface area (Å²) in [6, 6.07) is -0.649. The van der Waals surface area contributed by atoms with Gasteiger partial charge >= 0.3 is 12.0 Å². The van der Waals surface area contributed by atoms with Crippen LogP contribution in [0.15, 0.2) is 0 Å². The normalized spacial score (nSPS) is 30.5. The Balaban J connectivity index is 1.38. The van der Waals surface area contributed by atoms with E-state index in [1.165, 1.54) is 19.3 Å². The number of carbonyl (C=O) groups excluding carboxylic acids is 4. The summed E-state index contributed by atoms with van der Waals surface area (Å²) >= 11 is 0. The van der Waals surface area contributed by atoms with Gasteiger partial charge in [-0.2, -0.15) is 0 Å². The highest BCUT2D eigenvalue weighted by molar-refractivity contribution is 5.96. The fourth-order valence-corrected chi connectivity index (χ4v) is 5.46. The molecule has 0 aliphatic heterocycles. The Bertz CT molecular complexity index is 632. The molecule has 3 N–H and O–H groups in total. The monoisotopic (exact) mass is 393 g/mol. The van der Waals surface area contributed by atoms with E-state index in [4.69, 9.17) is 4.74 Å². The van der Waals surface area contributed by atoms with E-state index in [0.29, 0.717) is 17.8 Å². The zero-order chi connectivity index (χ0) is 20.5. The lowest BCUT2D eigenvalue weighted by Crippen LogP contribution is -2.54. The SMILES string of the molecule is CC(C)(C)NC(=O)NC(=O)COC(=O)CNC(=O)C12CC3CC(CC(C3)C1)C2. The zero-order valence-electron chi connectivity index (χ0n) is 16.9. The Hall–Kier alpha value is -2.12. The molecule has 4 bridgehead atoms. The second kappa shape index (κ2) is 7.72. The van der Waals surface area contributed by atoms with Crippen LogP contribution in [0, 0.1) is 23.2 Å². The maximum atomic E-state index is 12.8. The number of ether oxygens (including phenoxy) is 1. The Labute approximate surface area is 165 Å². The van der Waals surface area contributed by atoms with E-state index in [1.807, 2.05) is 0 Å². The first-order valence-corrected chi connectivity index (χ1v) is 10.1. The summed E-state index contributed by atoms with van der Waals surface area (Å²) in [5, 5.41) is 7.38. The molecule has 4 aliphatic rings. The van der Waals surface area contributed by atoms with Gasteiger partial charge in [-0.15, -0.1) is 0 Å². The number of amides is 4. The van der Waals surface area contributed by atoms with Crippen molar-refractivity contribution >= 4 is 23.8 Å². The van der Waals surface area contributed by atoms with Gasteiger partial charge in [0.05, 0.1) is 0 Å². The van der Waals surface area contributed by atoms with E-state index in [9.17, 15) is 19.2 Å². The Morgan fingerprint density at radius 1 is 0.964 bits per heavy atom. The van der Waals surface area contributed by atoms with Crippen molar-refractivity contribution < 1.29 is 23.9 Å². The standard InChI is InChI=1S/C20H31N3O5/c1-19(2,3)23-18(27)22-15(24)11-28-16(25)10-21-17(26)20-7-12-4-13(8-20)6-14(5-12)9-20/h12-14H,4-11H2,1-3H3,(H,21,26)(H2,22,23,24,27). The molecule has 156 valence electrons. The van der Waals surface area contributed by atoms with Gasteiger partial charge in [0.15, 0.2) is 6.61 Å². The molecule has 0 saturated heterocycles. The van der Waals surface area contributed by atoms with Gasteiger partial charge in [-0.05, 0) is 77.0 Å². The molecule has 8 nitrogen and oxygen atoms in total. The second-order valence-corrected chi connectivity index (χ2v) is 9.79. The van der Waals surface area contributed by atoms with Gasteiger partial charge in [-0.25, -0.2) is 4.79 Å². The molecule has 0 aromatic rings. The van der Waals surface area contributed by atoms with Crippen molar-refractivity contribution in [3.8, 4) is 0 Å². The minimum atomic E-state index is -0.720. The van der Waals surface area contributed by atoms with Crippen LogP contribution in [-0.2, 0) is 19.1 Å². The number of esters is 1. The zero-order valence-corrected chi connectivity index (χ0v) is 16.9. The highest BCUT2D eigenvalue weighted by Gasteiger charge is 2.54. The number of hydrogen-bond donors (Lipinski definition) is 3. The first-order chi connectivity index (χ1) is 13.0. The summed E-state index contributed by atoms with van der Waals surface area (Å²) in [5.74, 6) is 0.468. The van der Waals surface area contributed by atoms with Crippen molar-refractivity contribution in [1.82, 2.24) is 16.0 Å². The van der Waals surface area contributed by atoms with Crippen molar-refractivity contribution in [1.29, 1.82) is 0 Å². The predicted molar refractivity (Wildman–Crippen MR) is 101 cm³/mol.